The Kier molecular flexibility index (Phi) is 3.90. The van der Waals surface area contributed by atoms with E-state index in [-0.39, 0.29) is 0 Å². The lowest BCUT2D eigenvalue weighted by Gasteiger charge is -2.22. The smallest absolute Gasteiger partial charge is 0.0543 e. The van der Waals surface area contributed by atoms with Gasteiger partial charge in [-0.15, -0.1) is 0 Å². The predicted octanol–water partition coefficient (Wildman–Crippen LogP) is 2.31. The zero-order valence-electron chi connectivity index (χ0n) is 8.70. The molecule has 1 rings (SSSR count). The molecule has 0 aliphatic carbocycles. The van der Waals surface area contributed by atoms with Crippen LogP contribution in [0.25, 0.3) is 0 Å². The van der Waals surface area contributed by atoms with Gasteiger partial charge in [0.2, 0.25) is 0 Å². The molecule has 0 fully saturated rings. The molecular weight excluding hydrogens is 160 g/mol. The van der Waals surface area contributed by atoms with Gasteiger partial charge in [-0.2, -0.15) is 0 Å². The fraction of sp³-hybridized carbons (Fsp3) is 0.545. The maximum atomic E-state index is 4.29. The van der Waals surface area contributed by atoms with E-state index < -0.39 is 0 Å². The van der Waals surface area contributed by atoms with Gasteiger partial charge in [0.15, 0.2) is 0 Å². The second-order valence-electron chi connectivity index (χ2n) is 3.49. The van der Waals surface area contributed by atoms with E-state index in [0.717, 1.165) is 12.2 Å². The number of aromatic nitrogens is 1. The predicted molar refractivity (Wildman–Crippen MR) is 55.5 cm³/mol. The molecule has 0 saturated heterocycles. The first-order chi connectivity index (χ1) is 6.24. The van der Waals surface area contributed by atoms with E-state index in [4.69, 9.17) is 0 Å². The van der Waals surface area contributed by atoms with E-state index in [9.17, 15) is 0 Å². The van der Waals surface area contributed by atoms with E-state index in [0.29, 0.717) is 6.04 Å². The molecule has 0 bridgehead atoms. The van der Waals surface area contributed by atoms with Crippen LogP contribution in [0, 0.1) is 0 Å². The number of nitrogens with zero attached hydrogens (tertiary/aromatic N) is 2. The second-order valence-corrected chi connectivity index (χ2v) is 3.49. The summed E-state index contributed by atoms with van der Waals surface area (Å²) < 4.78 is 0. The van der Waals surface area contributed by atoms with Crippen LogP contribution in [-0.2, 0) is 6.54 Å². The third kappa shape index (κ3) is 3.15. The third-order valence-electron chi connectivity index (χ3n) is 2.48. The number of pyridine rings is 1. The highest BCUT2D eigenvalue weighted by molar-refractivity contribution is 5.03. The van der Waals surface area contributed by atoms with Gasteiger partial charge in [0.1, 0.15) is 0 Å². The highest BCUT2D eigenvalue weighted by Crippen LogP contribution is 2.05. The highest BCUT2D eigenvalue weighted by Gasteiger charge is 2.06. The van der Waals surface area contributed by atoms with Crippen LogP contribution in [-0.4, -0.2) is 23.0 Å². The molecule has 0 saturated carbocycles. The molecule has 0 aromatic carbocycles. The average molecular weight is 178 g/mol. The van der Waals surface area contributed by atoms with Crippen LogP contribution in [0.3, 0.4) is 0 Å². The molecule has 1 aromatic heterocycles. The molecule has 1 atom stereocenters. The van der Waals surface area contributed by atoms with Crippen molar-refractivity contribution >= 4 is 0 Å². The number of hydrogen-bond donors (Lipinski definition) is 0. The maximum absolute atomic E-state index is 4.29. The Morgan fingerprint density at radius 1 is 1.46 bits per heavy atom. The molecule has 1 aromatic rings. The monoisotopic (exact) mass is 178 g/mol. The Hall–Kier alpha value is -0.890. The molecule has 0 radical (unpaired) electrons. The van der Waals surface area contributed by atoms with Crippen LogP contribution in [0.2, 0.25) is 0 Å². The first-order valence-electron chi connectivity index (χ1n) is 4.84. The van der Waals surface area contributed by atoms with E-state index in [2.05, 4.69) is 36.8 Å². The summed E-state index contributed by atoms with van der Waals surface area (Å²) >= 11 is 0. The van der Waals surface area contributed by atoms with Crippen LogP contribution in [0.4, 0.5) is 0 Å². The summed E-state index contributed by atoms with van der Waals surface area (Å²) in [6, 6.07) is 6.68. The zero-order chi connectivity index (χ0) is 9.68. The fourth-order valence-corrected chi connectivity index (χ4v) is 1.21. The quantitative estimate of drug-likeness (QED) is 0.703. The van der Waals surface area contributed by atoms with Crippen molar-refractivity contribution in [3.05, 3.63) is 30.1 Å². The summed E-state index contributed by atoms with van der Waals surface area (Å²) in [5.41, 5.74) is 1.14. The average Bonchev–Trinajstić information content (AvgIpc) is 2.18. The van der Waals surface area contributed by atoms with Gasteiger partial charge in [-0.3, -0.25) is 9.88 Å². The summed E-state index contributed by atoms with van der Waals surface area (Å²) in [5, 5.41) is 0. The van der Waals surface area contributed by atoms with Crippen LogP contribution in [0.1, 0.15) is 26.0 Å². The van der Waals surface area contributed by atoms with Crippen molar-refractivity contribution in [2.45, 2.75) is 32.9 Å². The minimum atomic E-state index is 0.627. The molecule has 0 spiro atoms. The first-order valence-corrected chi connectivity index (χ1v) is 4.84. The fourth-order valence-electron chi connectivity index (χ4n) is 1.21. The highest BCUT2D eigenvalue weighted by atomic mass is 15.1. The van der Waals surface area contributed by atoms with E-state index in [1.54, 1.807) is 0 Å². The zero-order valence-corrected chi connectivity index (χ0v) is 8.70. The van der Waals surface area contributed by atoms with Gasteiger partial charge in [-0.05, 0) is 32.5 Å². The largest absolute Gasteiger partial charge is 0.298 e. The van der Waals surface area contributed by atoms with Crippen molar-refractivity contribution in [3.8, 4) is 0 Å². The topological polar surface area (TPSA) is 16.1 Å². The first kappa shape index (κ1) is 10.2. The van der Waals surface area contributed by atoms with Gasteiger partial charge in [0, 0.05) is 18.8 Å². The summed E-state index contributed by atoms with van der Waals surface area (Å²) in [4.78, 5) is 6.62. The van der Waals surface area contributed by atoms with Gasteiger partial charge < -0.3 is 0 Å². The molecule has 1 heterocycles. The van der Waals surface area contributed by atoms with E-state index >= 15 is 0 Å². The molecule has 0 amide bonds. The molecule has 0 aliphatic rings. The summed E-state index contributed by atoms with van der Waals surface area (Å²) in [6.07, 6.45) is 3.03. The lowest BCUT2D eigenvalue weighted by molar-refractivity contribution is 0.241. The lowest BCUT2D eigenvalue weighted by Crippen LogP contribution is -2.28. The summed E-state index contributed by atoms with van der Waals surface area (Å²) in [6.45, 7) is 5.39. The van der Waals surface area contributed by atoms with Gasteiger partial charge in [-0.25, -0.2) is 0 Å². The Labute approximate surface area is 80.6 Å². The van der Waals surface area contributed by atoms with Crippen LogP contribution in [0.5, 0.6) is 0 Å². The molecule has 0 aliphatic heterocycles. The summed E-state index contributed by atoms with van der Waals surface area (Å²) in [7, 11) is 2.14. The molecular formula is C11H18N2. The van der Waals surface area contributed by atoms with Crippen molar-refractivity contribution in [1.82, 2.24) is 9.88 Å². The van der Waals surface area contributed by atoms with Crippen molar-refractivity contribution in [3.63, 3.8) is 0 Å². The van der Waals surface area contributed by atoms with Crippen molar-refractivity contribution in [2.75, 3.05) is 7.05 Å². The standard InChI is InChI=1S/C11H18N2/c1-4-10(2)13(3)9-11-7-5-6-8-12-11/h5-8,10H,4,9H2,1-3H3/t10-/m1/s1. The summed E-state index contributed by atoms with van der Waals surface area (Å²) in [5.74, 6) is 0. The van der Waals surface area contributed by atoms with Crippen LogP contribution < -0.4 is 0 Å². The van der Waals surface area contributed by atoms with Crippen molar-refractivity contribution in [1.29, 1.82) is 0 Å². The van der Waals surface area contributed by atoms with Gasteiger partial charge in [0.05, 0.1) is 5.69 Å². The molecule has 0 N–H and O–H groups in total. The van der Waals surface area contributed by atoms with Gasteiger partial charge in [-0.1, -0.05) is 13.0 Å². The second kappa shape index (κ2) is 4.97. The minimum absolute atomic E-state index is 0.627. The molecule has 13 heavy (non-hydrogen) atoms. The van der Waals surface area contributed by atoms with E-state index in [1.807, 2.05) is 18.3 Å². The van der Waals surface area contributed by atoms with Crippen molar-refractivity contribution in [2.24, 2.45) is 0 Å². The lowest BCUT2D eigenvalue weighted by atomic mass is 10.2. The van der Waals surface area contributed by atoms with E-state index in [1.165, 1.54) is 6.42 Å². The molecule has 0 unspecified atom stereocenters. The van der Waals surface area contributed by atoms with Crippen LogP contribution in [0.15, 0.2) is 24.4 Å². The minimum Gasteiger partial charge on any atom is -0.298 e. The number of hydrogen-bond acceptors (Lipinski definition) is 2. The third-order valence-corrected chi connectivity index (χ3v) is 2.48. The van der Waals surface area contributed by atoms with Crippen molar-refractivity contribution < 1.29 is 0 Å². The molecule has 2 heteroatoms. The van der Waals surface area contributed by atoms with Crippen LogP contribution >= 0.6 is 0 Å². The Bertz CT molecular complexity index is 233. The Morgan fingerprint density at radius 3 is 2.77 bits per heavy atom. The SMILES string of the molecule is CC[C@@H](C)N(C)Cc1ccccn1. The van der Waals surface area contributed by atoms with Gasteiger partial charge >= 0.3 is 0 Å². The van der Waals surface area contributed by atoms with Gasteiger partial charge in [0.25, 0.3) is 0 Å². The normalized spacial score (nSPS) is 13.2. The Balaban J connectivity index is 2.50. The maximum Gasteiger partial charge on any atom is 0.0543 e. The number of rotatable bonds is 4. The Morgan fingerprint density at radius 2 is 2.23 bits per heavy atom. The molecule has 2 nitrogen and oxygen atoms in total. The molecule has 72 valence electrons.